The van der Waals surface area contributed by atoms with E-state index in [9.17, 15) is 20.1 Å². The molecule has 128 valence electrons. The largest absolute Gasteiger partial charge is 0.438 e. The van der Waals surface area contributed by atoms with E-state index in [-0.39, 0.29) is 13.1 Å². The van der Waals surface area contributed by atoms with E-state index < -0.39 is 49.1 Å². The molecule has 2 aliphatic rings. The number of hydrogen-bond acceptors (Lipinski definition) is 10. The van der Waals surface area contributed by atoms with Crippen molar-refractivity contribution in [3.63, 3.8) is 0 Å². The summed E-state index contributed by atoms with van der Waals surface area (Å²) in [4.78, 5) is 14.2. The Labute approximate surface area is 129 Å². The lowest BCUT2D eigenvalue weighted by molar-refractivity contribution is -0.285. The molecule has 0 aliphatic carbocycles. The molecule has 2 rings (SSSR count). The third-order valence-corrected chi connectivity index (χ3v) is 3.37. The highest BCUT2D eigenvalue weighted by Gasteiger charge is 2.46. The van der Waals surface area contributed by atoms with Gasteiger partial charge in [-0.25, -0.2) is 4.79 Å². The van der Waals surface area contributed by atoms with Gasteiger partial charge in [-0.1, -0.05) is 5.11 Å². The van der Waals surface area contributed by atoms with Crippen LogP contribution in [0.5, 0.6) is 0 Å². The second kappa shape index (κ2) is 7.04. The van der Waals surface area contributed by atoms with Crippen LogP contribution in [0.25, 0.3) is 10.4 Å². The Bertz CT molecular complexity index is 518. The van der Waals surface area contributed by atoms with Crippen molar-refractivity contribution in [2.45, 2.75) is 36.4 Å². The number of alkyl carbamates (subject to hydrolysis) is 1. The molecule has 1 fully saturated rings. The van der Waals surface area contributed by atoms with Gasteiger partial charge < -0.3 is 35.2 Å². The standard InChI is InChI=1S/C10H16N6O7/c11-16-13-3-10(14-15-10)2-12-9(21)23-7-6(19)5(18)4(1-17)22-8(7)20/h4-8,17-20H,1-3H2,(H,12,21)/t4?,5-,6?,7?,8-/m1/s1. The fourth-order valence-corrected chi connectivity index (χ4v) is 1.98. The average Bonchev–Trinajstić information content (AvgIpc) is 3.31. The van der Waals surface area contributed by atoms with Gasteiger partial charge in [0.05, 0.1) is 19.7 Å². The Morgan fingerprint density at radius 2 is 2.09 bits per heavy atom. The van der Waals surface area contributed by atoms with Crippen LogP contribution in [-0.2, 0) is 9.47 Å². The molecule has 0 aromatic heterocycles. The number of hydrogen-bond donors (Lipinski definition) is 5. The van der Waals surface area contributed by atoms with E-state index in [1.54, 1.807) is 0 Å². The number of amides is 1. The van der Waals surface area contributed by atoms with Gasteiger partial charge in [0.25, 0.3) is 0 Å². The van der Waals surface area contributed by atoms with Crippen LogP contribution in [0, 0.1) is 0 Å². The Balaban J connectivity index is 1.84. The van der Waals surface area contributed by atoms with Crippen molar-refractivity contribution >= 4 is 6.09 Å². The summed E-state index contributed by atoms with van der Waals surface area (Å²) in [6, 6.07) is 0. The second-order valence-electron chi connectivity index (χ2n) is 5.02. The highest BCUT2D eigenvalue weighted by atomic mass is 16.7. The number of nitrogens with one attached hydrogen (secondary N) is 1. The van der Waals surface area contributed by atoms with E-state index in [4.69, 9.17) is 20.1 Å². The molecule has 1 amide bonds. The molecule has 0 radical (unpaired) electrons. The van der Waals surface area contributed by atoms with E-state index in [2.05, 4.69) is 25.6 Å². The Kier molecular flexibility index (Phi) is 5.30. The fraction of sp³-hybridized carbons (Fsp3) is 0.900. The third kappa shape index (κ3) is 4.04. The Hall–Kier alpha value is -2.02. The maximum atomic E-state index is 11.7. The van der Waals surface area contributed by atoms with Crippen molar-refractivity contribution in [3.8, 4) is 0 Å². The zero-order valence-electron chi connectivity index (χ0n) is 11.8. The van der Waals surface area contributed by atoms with Gasteiger partial charge in [-0.15, -0.1) is 0 Å². The minimum atomic E-state index is -1.72. The van der Waals surface area contributed by atoms with Gasteiger partial charge in [0, 0.05) is 4.91 Å². The zero-order chi connectivity index (χ0) is 17.0. The summed E-state index contributed by atoms with van der Waals surface area (Å²) < 4.78 is 9.64. The van der Waals surface area contributed by atoms with Gasteiger partial charge in [-0.2, -0.15) is 10.2 Å². The molecule has 13 heteroatoms. The molecular formula is C10H16N6O7. The van der Waals surface area contributed by atoms with Crippen molar-refractivity contribution in [2.24, 2.45) is 15.3 Å². The molecule has 0 aromatic rings. The summed E-state index contributed by atoms with van der Waals surface area (Å²) >= 11 is 0. The Morgan fingerprint density at radius 1 is 1.39 bits per heavy atom. The first-order valence-corrected chi connectivity index (χ1v) is 6.62. The van der Waals surface area contributed by atoms with Gasteiger partial charge in [0.2, 0.25) is 5.66 Å². The van der Waals surface area contributed by atoms with Crippen molar-refractivity contribution in [1.29, 1.82) is 0 Å². The predicted octanol–water partition coefficient (Wildman–Crippen LogP) is -2.02. The second-order valence-corrected chi connectivity index (χ2v) is 5.02. The molecule has 5 N–H and O–H groups in total. The number of aliphatic hydroxyl groups is 4. The van der Waals surface area contributed by atoms with Crippen LogP contribution in [0.4, 0.5) is 4.79 Å². The van der Waals surface area contributed by atoms with Crippen molar-refractivity contribution in [2.75, 3.05) is 19.7 Å². The van der Waals surface area contributed by atoms with E-state index in [0.29, 0.717) is 0 Å². The molecule has 5 atom stereocenters. The van der Waals surface area contributed by atoms with E-state index in [1.807, 2.05) is 0 Å². The third-order valence-electron chi connectivity index (χ3n) is 3.37. The summed E-state index contributed by atoms with van der Waals surface area (Å²) in [5.74, 6) is 0. The number of azide groups is 1. The van der Waals surface area contributed by atoms with E-state index in [1.165, 1.54) is 0 Å². The van der Waals surface area contributed by atoms with Crippen molar-refractivity contribution in [1.82, 2.24) is 5.32 Å². The number of nitrogens with zero attached hydrogens (tertiary/aromatic N) is 5. The maximum Gasteiger partial charge on any atom is 0.407 e. The highest BCUT2D eigenvalue weighted by Crippen LogP contribution is 2.27. The summed E-state index contributed by atoms with van der Waals surface area (Å²) in [6.45, 7) is -0.802. The predicted molar refractivity (Wildman–Crippen MR) is 69.9 cm³/mol. The van der Waals surface area contributed by atoms with Crippen LogP contribution in [0.1, 0.15) is 0 Å². The number of carbonyl (C=O) groups excluding carboxylic acids is 1. The monoisotopic (exact) mass is 332 g/mol. The smallest absolute Gasteiger partial charge is 0.407 e. The van der Waals surface area contributed by atoms with Crippen LogP contribution >= 0.6 is 0 Å². The molecule has 23 heavy (non-hydrogen) atoms. The summed E-state index contributed by atoms with van der Waals surface area (Å²) in [5, 5.41) is 51.0. The maximum absolute atomic E-state index is 11.7. The normalized spacial score (nSPS) is 34.3. The molecule has 2 heterocycles. The minimum absolute atomic E-state index is 0.0710. The van der Waals surface area contributed by atoms with Crippen LogP contribution in [0.15, 0.2) is 15.3 Å². The topological polar surface area (TPSA) is 202 Å². The van der Waals surface area contributed by atoms with E-state index >= 15 is 0 Å². The van der Waals surface area contributed by atoms with Crippen LogP contribution in [0.3, 0.4) is 0 Å². The van der Waals surface area contributed by atoms with Crippen LogP contribution < -0.4 is 5.32 Å². The van der Waals surface area contributed by atoms with Gasteiger partial charge >= 0.3 is 6.09 Å². The minimum Gasteiger partial charge on any atom is -0.438 e. The summed E-state index contributed by atoms with van der Waals surface area (Å²) in [7, 11) is 0. The van der Waals surface area contributed by atoms with Crippen LogP contribution in [0.2, 0.25) is 0 Å². The molecule has 0 saturated carbocycles. The molecule has 13 nitrogen and oxygen atoms in total. The molecule has 1 saturated heterocycles. The highest BCUT2D eigenvalue weighted by molar-refractivity contribution is 5.67. The first-order valence-electron chi connectivity index (χ1n) is 6.62. The number of rotatable bonds is 6. The molecule has 0 bridgehead atoms. The number of aliphatic hydroxyl groups excluding tert-OH is 4. The first kappa shape index (κ1) is 17.3. The number of ether oxygens (including phenoxy) is 2. The van der Waals surface area contributed by atoms with Crippen LogP contribution in [-0.4, -0.2) is 82.6 Å². The summed E-state index contributed by atoms with van der Waals surface area (Å²) in [6.07, 6.45) is -8.67. The SMILES string of the molecule is [N-]=[N+]=NCC1(CNC(=O)OC2C(O)[C@H](O)C(CO)O[C@H]2O)N=N1. The summed E-state index contributed by atoms with van der Waals surface area (Å²) in [5.41, 5.74) is 7.21. The molecule has 0 spiro atoms. The fourth-order valence-electron chi connectivity index (χ4n) is 1.98. The molecule has 2 aliphatic heterocycles. The van der Waals surface area contributed by atoms with E-state index in [0.717, 1.165) is 0 Å². The van der Waals surface area contributed by atoms with Crippen molar-refractivity contribution in [3.05, 3.63) is 10.4 Å². The van der Waals surface area contributed by atoms with Gasteiger partial charge in [0.15, 0.2) is 12.4 Å². The first-order chi connectivity index (χ1) is 10.9. The van der Waals surface area contributed by atoms with Gasteiger partial charge in [-0.05, 0) is 5.53 Å². The lowest BCUT2D eigenvalue weighted by atomic mass is 9.99. The quantitative estimate of drug-likeness (QED) is 0.210. The molecule has 3 unspecified atom stereocenters. The van der Waals surface area contributed by atoms with Gasteiger partial charge in [0.1, 0.15) is 18.3 Å². The number of carbonyl (C=O) groups is 1. The lowest BCUT2D eigenvalue weighted by Crippen LogP contribution is -2.60. The van der Waals surface area contributed by atoms with Crippen molar-refractivity contribution < 1.29 is 34.7 Å². The molecular weight excluding hydrogens is 316 g/mol. The Morgan fingerprint density at radius 3 is 2.65 bits per heavy atom. The average molecular weight is 332 g/mol. The lowest BCUT2D eigenvalue weighted by Gasteiger charge is -2.39. The zero-order valence-corrected chi connectivity index (χ0v) is 11.8. The molecule has 0 aromatic carbocycles. The van der Waals surface area contributed by atoms with Gasteiger partial charge in [-0.3, -0.25) is 0 Å².